The molecule has 1 aromatic carbocycles. The number of furan rings is 1. The van der Waals surface area contributed by atoms with E-state index in [0.29, 0.717) is 21.8 Å². The lowest BCUT2D eigenvalue weighted by atomic mass is 10.1. The number of aromatic nitrogens is 2. The van der Waals surface area contributed by atoms with E-state index in [1.54, 1.807) is 12.1 Å². The molecule has 0 aliphatic rings. The number of nitrogens with zero attached hydrogens (tertiary/aromatic N) is 2. The van der Waals surface area contributed by atoms with Gasteiger partial charge in [0.2, 0.25) is 5.91 Å². The third kappa shape index (κ3) is 3.62. The van der Waals surface area contributed by atoms with Crippen molar-refractivity contribution in [3.8, 4) is 0 Å². The first kappa shape index (κ1) is 17.7. The molecule has 0 saturated carbocycles. The Kier molecular flexibility index (Phi) is 5.08. The van der Waals surface area contributed by atoms with Crippen LogP contribution in [0.5, 0.6) is 0 Å². The SMILES string of the molecule is COC(=O)c1ccc2c(=O)n(Cc3ccco3)c(SCC(N)=O)nc2c1. The number of thioether (sulfide) groups is 1. The molecule has 0 unspecified atom stereocenters. The van der Waals surface area contributed by atoms with Crippen molar-refractivity contribution >= 4 is 34.5 Å². The Morgan fingerprint density at radius 3 is 2.81 bits per heavy atom. The summed E-state index contributed by atoms with van der Waals surface area (Å²) in [7, 11) is 1.27. The van der Waals surface area contributed by atoms with Gasteiger partial charge in [0.05, 0.1) is 42.1 Å². The summed E-state index contributed by atoms with van der Waals surface area (Å²) in [5, 5.41) is 0.646. The van der Waals surface area contributed by atoms with Gasteiger partial charge in [-0.05, 0) is 30.3 Å². The van der Waals surface area contributed by atoms with Gasteiger partial charge in [0.1, 0.15) is 5.76 Å². The molecule has 0 fully saturated rings. The van der Waals surface area contributed by atoms with Crippen LogP contribution in [0.15, 0.2) is 51.0 Å². The zero-order chi connectivity index (χ0) is 18.7. The smallest absolute Gasteiger partial charge is 0.337 e. The summed E-state index contributed by atoms with van der Waals surface area (Å²) in [6.45, 7) is 0.161. The summed E-state index contributed by atoms with van der Waals surface area (Å²) in [4.78, 5) is 40.2. The maximum absolute atomic E-state index is 12.9. The van der Waals surface area contributed by atoms with E-state index >= 15 is 0 Å². The highest BCUT2D eigenvalue weighted by atomic mass is 32.2. The molecule has 0 bridgehead atoms. The van der Waals surface area contributed by atoms with Crippen LogP contribution in [0.1, 0.15) is 16.1 Å². The van der Waals surface area contributed by atoms with E-state index < -0.39 is 11.9 Å². The van der Waals surface area contributed by atoms with E-state index in [9.17, 15) is 14.4 Å². The molecule has 134 valence electrons. The molecule has 0 atom stereocenters. The fraction of sp³-hybridized carbons (Fsp3) is 0.176. The molecule has 9 heteroatoms. The van der Waals surface area contributed by atoms with Gasteiger partial charge in [0.25, 0.3) is 5.56 Å². The summed E-state index contributed by atoms with van der Waals surface area (Å²) in [5.74, 6) is -0.523. The molecule has 0 spiro atoms. The number of carbonyl (C=O) groups excluding carboxylic acids is 2. The van der Waals surface area contributed by atoms with Gasteiger partial charge in [-0.2, -0.15) is 0 Å². The van der Waals surface area contributed by atoms with Crippen LogP contribution in [0.2, 0.25) is 0 Å². The average Bonchev–Trinajstić information content (AvgIpc) is 3.14. The van der Waals surface area contributed by atoms with E-state index in [1.807, 2.05) is 0 Å². The molecule has 2 heterocycles. The summed E-state index contributed by atoms with van der Waals surface area (Å²) in [5.41, 5.74) is 5.51. The standard InChI is InChI=1S/C17H15N3O5S/c1-24-16(23)10-4-5-12-13(7-10)19-17(26-9-14(18)21)20(15(12)22)8-11-3-2-6-25-11/h2-7H,8-9H2,1H3,(H2,18,21). The summed E-state index contributed by atoms with van der Waals surface area (Å²) < 4.78 is 11.4. The van der Waals surface area contributed by atoms with Crippen LogP contribution in [0, 0.1) is 0 Å². The van der Waals surface area contributed by atoms with Gasteiger partial charge in [-0.1, -0.05) is 11.8 Å². The monoisotopic (exact) mass is 373 g/mol. The number of methoxy groups -OCH3 is 1. The maximum Gasteiger partial charge on any atom is 0.337 e. The van der Waals surface area contributed by atoms with Crippen molar-refractivity contribution in [1.29, 1.82) is 0 Å². The molecule has 8 nitrogen and oxygen atoms in total. The number of fused-ring (bicyclic) bond motifs is 1. The lowest BCUT2D eigenvalue weighted by Gasteiger charge is -2.12. The number of hydrogen-bond acceptors (Lipinski definition) is 7. The molecule has 0 saturated heterocycles. The highest BCUT2D eigenvalue weighted by Crippen LogP contribution is 2.20. The second kappa shape index (κ2) is 7.44. The highest BCUT2D eigenvalue weighted by Gasteiger charge is 2.16. The molecule has 2 aromatic heterocycles. The molecule has 0 aliphatic heterocycles. The fourth-order valence-corrected chi connectivity index (χ4v) is 3.13. The van der Waals surface area contributed by atoms with Crippen LogP contribution in [-0.4, -0.2) is 34.3 Å². The van der Waals surface area contributed by atoms with Gasteiger partial charge in [0, 0.05) is 0 Å². The van der Waals surface area contributed by atoms with E-state index in [-0.39, 0.29) is 23.4 Å². The largest absolute Gasteiger partial charge is 0.467 e. The van der Waals surface area contributed by atoms with Crippen molar-refractivity contribution < 1.29 is 18.7 Å². The van der Waals surface area contributed by atoms with Crippen molar-refractivity contribution in [2.75, 3.05) is 12.9 Å². The van der Waals surface area contributed by atoms with Crippen LogP contribution in [0.3, 0.4) is 0 Å². The predicted octanol–water partition coefficient (Wildman–Crippen LogP) is 1.40. The van der Waals surface area contributed by atoms with Crippen molar-refractivity contribution in [3.05, 3.63) is 58.3 Å². The molecular weight excluding hydrogens is 358 g/mol. The molecule has 2 N–H and O–H groups in total. The summed E-state index contributed by atoms with van der Waals surface area (Å²) in [6, 6.07) is 7.96. The maximum atomic E-state index is 12.9. The van der Waals surface area contributed by atoms with Crippen LogP contribution in [0.25, 0.3) is 10.9 Å². The first-order chi connectivity index (χ1) is 12.5. The number of primary amides is 1. The first-order valence-electron chi connectivity index (χ1n) is 7.56. The van der Waals surface area contributed by atoms with Gasteiger partial charge in [-0.3, -0.25) is 14.2 Å². The number of esters is 1. The van der Waals surface area contributed by atoms with Crippen molar-refractivity contribution in [1.82, 2.24) is 9.55 Å². The van der Waals surface area contributed by atoms with Gasteiger partial charge < -0.3 is 14.9 Å². The average molecular weight is 373 g/mol. The molecule has 1 amide bonds. The highest BCUT2D eigenvalue weighted by molar-refractivity contribution is 7.99. The second-order valence-electron chi connectivity index (χ2n) is 5.34. The van der Waals surface area contributed by atoms with Crippen molar-refractivity contribution in [2.24, 2.45) is 5.73 Å². The quantitative estimate of drug-likeness (QED) is 0.394. The minimum atomic E-state index is -0.530. The Balaban J connectivity index is 2.14. The minimum Gasteiger partial charge on any atom is -0.467 e. The third-order valence-corrected chi connectivity index (χ3v) is 4.58. The minimum absolute atomic E-state index is 0.0349. The second-order valence-corrected chi connectivity index (χ2v) is 6.29. The Morgan fingerprint density at radius 2 is 2.15 bits per heavy atom. The Labute approximate surface area is 151 Å². The summed E-state index contributed by atoms with van der Waals surface area (Å²) in [6.07, 6.45) is 1.51. The van der Waals surface area contributed by atoms with Crippen LogP contribution in [-0.2, 0) is 16.1 Å². The van der Waals surface area contributed by atoms with E-state index in [2.05, 4.69) is 9.72 Å². The number of carbonyl (C=O) groups is 2. The number of ether oxygens (including phenoxy) is 1. The van der Waals surface area contributed by atoms with Gasteiger partial charge in [-0.15, -0.1) is 0 Å². The van der Waals surface area contributed by atoms with Crippen LogP contribution < -0.4 is 11.3 Å². The topological polar surface area (TPSA) is 117 Å². The third-order valence-electron chi connectivity index (χ3n) is 3.58. The normalized spacial score (nSPS) is 10.8. The molecule has 3 rings (SSSR count). The lowest BCUT2D eigenvalue weighted by Crippen LogP contribution is -2.25. The molecule has 0 aliphatic carbocycles. The fourth-order valence-electron chi connectivity index (χ4n) is 2.39. The first-order valence-corrected chi connectivity index (χ1v) is 8.54. The molecule has 0 radical (unpaired) electrons. The lowest BCUT2D eigenvalue weighted by molar-refractivity contribution is -0.115. The number of nitrogens with two attached hydrogens (primary N) is 1. The van der Waals surface area contributed by atoms with E-state index in [0.717, 1.165) is 11.8 Å². The van der Waals surface area contributed by atoms with Crippen molar-refractivity contribution in [3.63, 3.8) is 0 Å². The molecule has 3 aromatic rings. The van der Waals surface area contributed by atoms with Crippen molar-refractivity contribution in [2.45, 2.75) is 11.7 Å². The Morgan fingerprint density at radius 1 is 1.35 bits per heavy atom. The van der Waals surface area contributed by atoms with E-state index in [1.165, 1.54) is 36.1 Å². The van der Waals surface area contributed by atoms with Crippen LogP contribution in [0.4, 0.5) is 0 Å². The Bertz CT molecular complexity index is 1030. The number of hydrogen-bond donors (Lipinski definition) is 1. The van der Waals surface area contributed by atoms with E-state index in [4.69, 9.17) is 10.2 Å². The molecule has 26 heavy (non-hydrogen) atoms. The molecular formula is C17H15N3O5S. The Hall–Kier alpha value is -3.07. The number of benzene rings is 1. The number of rotatable bonds is 6. The zero-order valence-electron chi connectivity index (χ0n) is 13.8. The zero-order valence-corrected chi connectivity index (χ0v) is 14.6. The van der Waals surface area contributed by atoms with Crippen LogP contribution >= 0.6 is 11.8 Å². The predicted molar refractivity (Wildman–Crippen MR) is 95.1 cm³/mol. The van der Waals surface area contributed by atoms with Gasteiger partial charge in [-0.25, -0.2) is 9.78 Å². The van der Waals surface area contributed by atoms with Gasteiger partial charge >= 0.3 is 5.97 Å². The van der Waals surface area contributed by atoms with Gasteiger partial charge in [0.15, 0.2) is 5.16 Å². The summed E-state index contributed by atoms with van der Waals surface area (Å²) >= 11 is 1.05. The number of amides is 1.